The molecule has 4 rings (SSSR count). The molecule has 5 heteroatoms. The third-order valence-electron chi connectivity index (χ3n) is 6.50. The van der Waals surface area contributed by atoms with Crippen LogP contribution in [0.15, 0.2) is 40.9 Å². The summed E-state index contributed by atoms with van der Waals surface area (Å²) in [6, 6.07) is 5.87. The molecule has 1 aromatic carbocycles. The molecule has 0 radical (unpaired) electrons. The zero-order valence-corrected chi connectivity index (χ0v) is 19.3. The first-order valence-corrected chi connectivity index (χ1v) is 12.2. The Morgan fingerprint density at radius 2 is 1.53 bits per heavy atom. The van der Waals surface area contributed by atoms with E-state index in [4.69, 9.17) is 14.2 Å². The van der Waals surface area contributed by atoms with E-state index in [1.165, 1.54) is 12.8 Å². The number of unbranched alkanes of at least 4 members (excludes halogenated alkanes) is 3. The molecule has 2 aliphatic carbocycles. The zero-order valence-electron chi connectivity index (χ0n) is 19.3. The number of ether oxygens (including phenoxy) is 3. The van der Waals surface area contributed by atoms with Crippen molar-refractivity contribution >= 4 is 11.6 Å². The molecule has 172 valence electrons. The standard InChI is InChI=1S/C27H34O5/c1-3-5-6-7-16-31-21-15-14-18(17-24(21)30-4-2)25-26-19(28)10-8-12-22(26)32-23-13-9-11-20(29)27(23)25/h14-15,17,25H,3-13,16H2,1-2H3. The number of Topliss-reactive ketones (excluding diaryl/α,β-unsaturated/α-hetero) is 2. The maximum absolute atomic E-state index is 13.0. The topological polar surface area (TPSA) is 61.8 Å². The van der Waals surface area contributed by atoms with Crippen LogP contribution in [0.2, 0.25) is 0 Å². The molecule has 0 saturated carbocycles. The molecular weight excluding hydrogens is 404 g/mol. The minimum absolute atomic E-state index is 0.0929. The Labute approximate surface area is 190 Å². The van der Waals surface area contributed by atoms with Gasteiger partial charge in [-0.3, -0.25) is 9.59 Å². The van der Waals surface area contributed by atoms with E-state index in [2.05, 4.69) is 6.92 Å². The fraction of sp³-hybridized carbons (Fsp3) is 0.556. The molecule has 0 amide bonds. The lowest BCUT2D eigenvalue weighted by atomic mass is 9.73. The van der Waals surface area contributed by atoms with Gasteiger partial charge in [-0.05, 0) is 43.9 Å². The number of hydrogen-bond donors (Lipinski definition) is 0. The smallest absolute Gasteiger partial charge is 0.163 e. The SMILES string of the molecule is CCCCCCOc1ccc(C2C3=C(CCCC3=O)OC3=C2C(=O)CCC3)cc1OCC. The van der Waals surface area contributed by atoms with E-state index in [9.17, 15) is 9.59 Å². The largest absolute Gasteiger partial charge is 0.490 e. The highest BCUT2D eigenvalue weighted by atomic mass is 16.5. The van der Waals surface area contributed by atoms with Crippen molar-refractivity contribution in [2.75, 3.05) is 13.2 Å². The lowest BCUT2D eigenvalue weighted by Crippen LogP contribution is -2.30. The summed E-state index contributed by atoms with van der Waals surface area (Å²) in [6.45, 7) is 5.31. The molecule has 0 bridgehead atoms. The summed E-state index contributed by atoms with van der Waals surface area (Å²) in [4.78, 5) is 25.9. The molecule has 1 aliphatic heterocycles. The number of hydrogen-bond acceptors (Lipinski definition) is 5. The molecule has 5 nitrogen and oxygen atoms in total. The molecule has 0 fully saturated rings. The van der Waals surface area contributed by atoms with Crippen molar-refractivity contribution in [1.29, 1.82) is 0 Å². The third kappa shape index (κ3) is 4.62. The van der Waals surface area contributed by atoms with Crippen LogP contribution in [0, 0.1) is 0 Å². The second-order valence-electron chi connectivity index (χ2n) is 8.81. The van der Waals surface area contributed by atoms with Gasteiger partial charge in [-0.2, -0.15) is 0 Å². The van der Waals surface area contributed by atoms with Crippen LogP contribution in [0.5, 0.6) is 11.5 Å². The average Bonchev–Trinajstić information content (AvgIpc) is 2.79. The molecule has 1 aromatic rings. The average molecular weight is 439 g/mol. The van der Waals surface area contributed by atoms with Gasteiger partial charge in [0.15, 0.2) is 23.1 Å². The van der Waals surface area contributed by atoms with Gasteiger partial charge in [-0.25, -0.2) is 0 Å². The van der Waals surface area contributed by atoms with Gasteiger partial charge in [0.1, 0.15) is 11.5 Å². The molecule has 0 aromatic heterocycles. The van der Waals surface area contributed by atoms with Gasteiger partial charge in [0, 0.05) is 42.7 Å². The first-order valence-electron chi connectivity index (χ1n) is 12.2. The van der Waals surface area contributed by atoms with Gasteiger partial charge in [-0.15, -0.1) is 0 Å². The molecule has 3 aliphatic rings. The maximum atomic E-state index is 13.0. The van der Waals surface area contributed by atoms with E-state index in [1.54, 1.807) is 0 Å². The van der Waals surface area contributed by atoms with E-state index >= 15 is 0 Å². The summed E-state index contributed by atoms with van der Waals surface area (Å²) in [5, 5.41) is 0. The Morgan fingerprint density at radius 3 is 2.16 bits per heavy atom. The minimum atomic E-state index is -0.368. The molecule has 1 heterocycles. The van der Waals surface area contributed by atoms with Crippen LogP contribution in [0.3, 0.4) is 0 Å². The second-order valence-corrected chi connectivity index (χ2v) is 8.81. The zero-order chi connectivity index (χ0) is 22.5. The van der Waals surface area contributed by atoms with Crippen molar-refractivity contribution in [1.82, 2.24) is 0 Å². The summed E-state index contributed by atoms with van der Waals surface area (Å²) < 4.78 is 18.1. The Balaban J connectivity index is 1.68. The lowest BCUT2D eigenvalue weighted by molar-refractivity contribution is -0.117. The molecule has 0 N–H and O–H groups in total. The molecule has 0 spiro atoms. The van der Waals surface area contributed by atoms with Gasteiger partial charge in [0.25, 0.3) is 0 Å². The third-order valence-corrected chi connectivity index (χ3v) is 6.50. The highest BCUT2D eigenvalue weighted by Gasteiger charge is 2.41. The number of ketones is 2. The van der Waals surface area contributed by atoms with E-state index in [-0.39, 0.29) is 17.5 Å². The maximum Gasteiger partial charge on any atom is 0.163 e. The molecular formula is C27H34O5. The summed E-state index contributed by atoms with van der Waals surface area (Å²) in [5.41, 5.74) is 2.24. The number of benzene rings is 1. The summed E-state index contributed by atoms with van der Waals surface area (Å²) >= 11 is 0. The van der Waals surface area contributed by atoms with Crippen LogP contribution >= 0.6 is 0 Å². The van der Waals surface area contributed by atoms with E-state index < -0.39 is 0 Å². The van der Waals surface area contributed by atoms with Crippen LogP contribution in [0.1, 0.15) is 89.5 Å². The summed E-state index contributed by atoms with van der Waals surface area (Å²) in [7, 11) is 0. The van der Waals surface area contributed by atoms with Gasteiger partial charge in [-0.1, -0.05) is 32.3 Å². The summed E-state index contributed by atoms with van der Waals surface area (Å²) in [5.74, 6) is 2.72. The van der Waals surface area contributed by atoms with Crippen molar-refractivity contribution in [3.8, 4) is 11.5 Å². The number of allylic oxidation sites excluding steroid dienone is 4. The van der Waals surface area contributed by atoms with Crippen molar-refractivity contribution in [2.24, 2.45) is 0 Å². The van der Waals surface area contributed by atoms with E-state index in [0.717, 1.165) is 55.6 Å². The van der Waals surface area contributed by atoms with Crippen molar-refractivity contribution in [3.05, 3.63) is 46.4 Å². The van der Waals surface area contributed by atoms with Crippen LogP contribution in [0.4, 0.5) is 0 Å². The van der Waals surface area contributed by atoms with Gasteiger partial charge in [0.05, 0.1) is 13.2 Å². The van der Waals surface area contributed by atoms with Crippen LogP contribution < -0.4 is 9.47 Å². The van der Waals surface area contributed by atoms with Crippen LogP contribution in [-0.4, -0.2) is 24.8 Å². The Morgan fingerprint density at radius 1 is 0.844 bits per heavy atom. The molecule has 0 atom stereocenters. The number of carbonyl (C=O) groups excluding carboxylic acids is 2. The van der Waals surface area contributed by atoms with Gasteiger partial charge in [0.2, 0.25) is 0 Å². The fourth-order valence-electron chi connectivity index (χ4n) is 4.95. The second kappa shape index (κ2) is 10.4. The molecule has 32 heavy (non-hydrogen) atoms. The molecule has 0 saturated heterocycles. The van der Waals surface area contributed by atoms with Gasteiger partial charge >= 0.3 is 0 Å². The Bertz CT molecular complexity index is 897. The van der Waals surface area contributed by atoms with Gasteiger partial charge < -0.3 is 14.2 Å². The number of rotatable bonds is 9. The van der Waals surface area contributed by atoms with Crippen molar-refractivity contribution < 1.29 is 23.8 Å². The van der Waals surface area contributed by atoms with E-state index in [1.807, 2.05) is 25.1 Å². The predicted molar refractivity (Wildman–Crippen MR) is 123 cm³/mol. The van der Waals surface area contributed by atoms with Crippen LogP contribution in [0.25, 0.3) is 0 Å². The Hall–Kier alpha value is -2.56. The van der Waals surface area contributed by atoms with E-state index in [0.29, 0.717) is 48.7 Å². The fourth-order valence-corrected chi connectivity index (χ4v) is 4.95. The van der Waals surface area contributed by atoms with Crippen molar-refractivity contribution in [2.45, 2.75) is 84.0 Å². The minimum Gasteiger partial charge on any atom is -0.490 e. The quantitative estimate of drug-likeness (QED) is 0.431. The Kier molecular flexibility index (Phi) is 7.33. The predicted octanol–water partition coefficient (Wildman–Crippen LogP) is 6.17. The lowest BCUT2D eigenvalue weighted by Gasteiger charge is -2.36. The normalized spacial score (nSPS) is 18.9. The highest BCUT2D eigenvalue weighted by molar-refractivity contribution is 6.05. The first kappa shape index (κ1) is 22.6. The highest BCUT2D eigenvalue weighted by Crippen LogP contribution is 2.48. The number of carbonyl (C=O) groups is 2. The summed E-state index contributed by atoms with van der Waals surface area (Å²) in [6.07, 6.45) is 8.68. The first-order chi connectivity index (χ1) is 15.6. The monoisotopic (exact) mass is 438 g/mol. The van der Waals surface area contributed by atoms with Crippen molar-refractivity contribution in [3.63, 3.8) is 0 Å². The molecule has 0 unspecified atom stereocenters. The van der Waals surface area contributed by atoms with Crippen LogP contribution in [-0.2, 0) is 14.3 Å².